The molecule has 0 saturated heterocycles. The molecule has 0 aliphatic rings. The maximum Gasteiger partial charge on any atom is 0.267 e. The van der Waals surface area contributed by atoms with Gasteiger partial charge in [-0.05, 0) is 25.7 Å². The van der Waals surface area contributed by atoms with E-state index in [1.165, 1.54) is 38.5 Å². The van der Waals surface area contributed by atoms with Crippen molar-refractivity contribution in [3.8, 4) is 0 Å². The van der Waals surface area contributed by atoms with Crippen molar-refractivity contribution in [1.29, 1.82) is 0 Å². The third kappa shape index (κ3) is 15.8. The van der Waals surface area contributed by atoms with Crippen LogP contribution < -0.4 is 0 Å². The van der Waals surface area contributed by atoms with E-state index in [0.29, 0.717) is 12.8 Å². The predicted molar refractivity (Wildman–Crippen MR) is 107 cm³/mol. The molecule has 0 saturated carbocycles. The van der Waals surface area contributed by atoms with E-state index in [0.717, 1.165) is 51.4 Å². The first-order valence-electron chi connectivity index (χ1n) is 10.6. The summed E-state index contributed by atoms with van der Waals surface area (Å²) < 4.78 is 32.0. The molecule has 0 bridgehead atoms. The van der Waals surface area contributed by atoms with Crippen molar-refractivity contribution in [1.82, 2.24) is 0 Å². The molecule has 0 aromatic rings. The Hall–Kier alpha value is -0.130. The number of aliphatic hydroxyl groups excluding tert-OH is 1. The van der Waals surface area contributed by atoms with Crippen LogP contribution in [0, 0.1) is 0 Å². The van der Waals surface area contributed by atoms with Gasteiger partial charge in [-0.1, -0.05) is 90.9 Å². The van der Waals surface area contributed by atoms with Gasteiger partial charge in [-0.25, -0.2) is 0 Å². The summed E-state index contributed by atoms with van der Waals surface area (Å²) in [5, 5.41) is 9.40. The fourth-order valence-corrected chi connectivity index (χ4v) is 4.21. The van der Waals surface area contributed by atoms with E-state index in [1.54, 1.807) is 0 Å². The molecule has 0 aliphatic carbocycles. The van der Waals surface area contributed by atoms with Crippen LogP contribution in [0.5, 0.6) is 0 Å². The summed E-state index contributed by atoms with van der Waals surface area (Å²) in [6, 6.07) is 0. The Morgan fingerprint density at radius 1 is 0.640 bits per heavy atom. The molecule has 0 fully saturated rings. The summed E-state index contributed by atoms with van der Waals surface area (Å²) in [5.41, 5.74) is 0. The average Bonchev–Trinajstić information content (AvgIpc) is 2.55. The summed E-state index contributed by atoms with van der Waals surface area (Å²) in [5.74, 6) is 0. The first kappa shape index (κ1) is 24.9. The summed E-state index contributed by atoms with van der Waals surface area (Å²) >= 11 is 0. The molecule has 0 heterocycles. The van der Waals surface area contributed by atoms with E-state index in [9.17, 15) is 18.1 Å². The Kier molecular flexibility index (Phi) is 16.0. The van der Waals surface area contributed by atoms with Crippen LogP contribution in [0.3, 0.4) is 0 Å². The predicted octanol–water partition coefficient (Wildman–Crippen LogP) is 5.89. The minimum Gasteiger partial charge on any atom is -0.393 e. The molecule has 2 unspecified atom stereocenters. The molecule has 0 aromatic heterocycles. The third-order valence-electron chi connectivity index (χ3n) is 5.01. The van der Waals surface area contributed by atoms with E-state index in [4.69, 9.17) is 0 Å². The number of hydrogen-bond donors (Lipinski definition) is 2. The zero-order valence-corrected chi connectivity index (χ0v) is 17.4. The van der Waals surface area contributed by atoms with Gasteiger partial charge in [0, 0.05) is 0 Å². The van der Waals surface area contributed by atoms with Crippen LogP contribution in [0.4, 0.5) is 0 Å². The second kappa shape index (κ2) is 16.1. The van der Waals surface area contributed by atoms with Crippen molar-refractivity contribution in [3.63, 3.8) is 0 Å². The van der Waals surface area contributed by atoms with Gasteiger partial charge in [-0.15, -0.1) is 0 Å². The molecular formula is C20H42O4S. The highest BCUT2D eigenvalue weighted by Crippen LogP contribution is 2.18. The van der Waals surface area contributed by atoms with Gasteiger partial charge in [0.05, 0.1) is 11.4 Å². The van der Waals surface area contributed by atoms with Gasteiger partial charge in [0.1, 0.15) is 0 Å². The lowest BCUT2D eigenvalue weighted by atomic mass is 10.0. The normalized spacial score (nSPS) is 14.6. The highest BCUT2D eigenvalue weighted by Gasteiger charge is 2.21. The monoisotopic (exact) mass is 378 g/mol. The maximum atomic E-state index is 11.4. The Bertz CT molecular complexity index is 381. The van der Waals surface area contributed by atoms with Gasteiger partial charge in [-0.3, -0.25) is 4.55 Å². The van der Waals surface area contributed by atoms with Gasteiger partial charge in [0.25, 0.3) is 10.1 Å². The van der Waals surface area contributed by atoms with E-state index in [1.807, 2.05) is 6.92 Å². The molecular weight excluding hydrogens is 336 g/mol. The van der Waals surface area contributed by atoms with Crippen LogP contribution in [-0.2, 0) is 10.1 Å². The van der Waals surface area contributed by atoms with Gasteiger partial charge >= 0.3 is 0 Å². The van der Waals surface area contributed by atoms with Crippen molar-refractivity contribution in [2.45, 2.75) is 128 Å². The first-order valence-corrected chi connectivity index (χ1v) is 12.1. The minimum atomic E-state index is -3.91. The van der Waals surface area contributed by atoms with E-state index < -0.39 is 15.4 Å². The van der Waals surface area contributed by atoms with E-state index in [2.05, 4.69) is 6.92 Å². The van der Waals surface area contributed by atoms with Crippen molar-refractivity contribution in [2.75, 3.05) is 0 Å². The van der Waals surface area contributed by atoms with Crippen molar-refractivity contribution in [3.05, 3.63) is 0 Å². The molecule has 152 valence electrons. The van der Waals surface area contributed by atoms with E-state index >= 15 is 0 Å². The molecule has 4 nitrogen and oxygen atoms in total. The standard InChI is InChI=1S/C20H42O4S/c1-3-5-7-8-9-10-12-15-19(21)16-13-11-14-18-20(17-6-4-2)25(22,23)24/h19-21H,3-18H2,1-2H3,(H,22,23,24). The van der Waals surface area contributed by atoms with E-state index in [-0.39, 0.29) is 6.10 Å². The number of aliphatic hydroxyl groups is 1. The van der Waals surface area contributed by atoms with Crippen LogP contribution in [0.15, 0.2) is 0 Å². The first-order chi connectivity index (χ1) is 11.9. The Morgan fingerprint density at radius 2 is 1.04 bits per heavy atom. The molecule has 5 heteroatoms. The maximum absolute atomic E-state index is 11.4. The topological polar surface area (TPSA) is 74.6 Å². The number of unbranched alkanes of at least 4 members (excludes halogenated alkanes) is 9. The zero-order valence-electron chi connectivity index (χ0n) is 16.6. The molecule has 2 atom stereocenters. The van der Waals surface area contributed by atoms with Crippen molar-refractivity contribution in [2.24, 2.45) is 0 Å². The average molecular weight is 379 g/mol. The quantitative estimate of drug-likeness (QED) is 0.230. The third-order valence-corrected chi connectivity index (χ3v) is 6.32. The molecule has 25 heavy (non-hydrogen) atoms. The van der Waals surface area contributed by atoms with Crippen molar-refractivity contribution >= 4 is 10.1 Å². The Morgan fingerprint density at radius 3 is 1.56 bits per heavy atom. The van der Waals surface area contributed by atoms with Crippen LogP contribution in [0.1, 0.15) is 117 Å². The molecule has 0 amide bonds. The summed E-state index contributed by atoms with van der Waals surface area (Å²) in [4.78, 5) is 0. The molecule has 2 N–H and O–H groups in total. The van der Waals surface area contributed by atoms with Gasteiger partial charge in [0.2, 0.25) is 0 Å². The molecule has 0 radical (unpaired) electrons. The van der Waals surface area contributed by atoms with Gasteiger partial charge in [-0.2, -0.15) is 8.42 Å². The molecule has 0 spiro atoms. The fraction of sp³-hybridized carbons (Fsp3) is 1.00. The summed E-state index contributed by atoms with van der Waals surface area (Å²) in [6.45, 7) is 4.25. The second-order valence-corrected chi connectivity index (χ2v) is 9.18. The molecule has 0 aliphatic heterocycles. The van der Waals surface area contributed by atoms with Crippen LogP contribution in [0.2, 0.25) is 0 Å². The fourth-order valence-electron chi connectivity index (χ4n) is 3.28. The Labute approximate surface area is 156 Å². The van der Waals surface area contributed by atoms with Crippen LogP contribution >= 0.6 is 0 Å². The highest BCUT2D eigenvalue weighted by atomic mass is 32.2. The SMILES string of the molecule is CCCCCCCCCC(O)CCCCCC(CCCC)S(=O)(=O)O. The Balaban J connectivity index is 3.62. The smallest absolute Gasteiger partial charge is 0.267 e. The highest BCUT2D eigenvalue weighted by molar-refractivity contribution is 7.86. The lowest BCUT2D eigenvalue weighted by Gasteiger charge is -2.14. The number of hydrogen-bond acceptors (Lipinski definition) is 3. The zero-order chi connectivity index (χ0) is 19.0. The molecule has 0 aromatic carbocycles. The van der Waals surface area contributed by atoms with Crippen molar-refractivity contribution < 1.29 is 18.1 Å². The number of rotatable bonds is 18. The largest absolute Gasteiger partial charge is 0.393 e. The summed E-state index contributed by atoms with van der Waals surface area (Å²) in [6.07, 6.45) is 15.9. The molecule has 0 rings (SSSR count). The second-order valence-electron chi connectivity index (χ2n) is 7.48. The lowest BCUT2D eigenvalue weighted by Crippen LogP contribution is -2.20. The minimum absolute atomic E-state index is 0.215. The lowest BCUT2D eigenvalue weighted by molar-refractivity contribution is 0.147. The van der Waals surface area contributed by atoms with Crippen LogP contribution in [0.25, 0.3) is 0 Å². The van der Waals surface area contributed by atoms with Gasteiger partial charge < -0.3 is 5.11 Å². The van der Waals surface area contributed by atoms with Crippen LogP contribution in [-0.4, -0.2) is 29.4 Å². The van der Waals surface area contributed by atoms with Gasteiger partial charge in [0.15, 0.2) is 0 Å². The summed E-state index contributed by atoms with van der Waals surface area (Å²) in [7, 11) is -3.91.